The molecule has 0 unspecified atom stereocenters. The first-order valence-corrected chi connectivity index (χ1v) is 10.6. The number of hydrogen-bond acceptors (Lipinski definition) is 6. The Hall–Kier alpha value is -2.84. The van der Waals surface area contributed by atoms with Crippen molar-refractivity contribution in [3.8, 4) is 17.3 Å². The second kappa shape index (κ2) is 9.11. The number of aromatic nitrogens is 4. The van der Waals surface area contributed by atoms with E-state index in [0.29, 0.717) is 46.1 Å². The molecule has 1 saturated heterocycles. The highest BCUT2D eigenvalue weighted by Gasteiger charge is 2.24. The van der Waals surface area contributed by atoms with E-state index in [2.05, 4.69) is 20.0 Å². The first-order chi connectivity index (χ1) is 15.0. The molecule has 1 amide bonds. The van der Waals surface area contributed by atoms with Crippen molar-refractivity contribution in [2.45, 2.75) is 13.5 Å². The van der Waals surface area contributed by atoms with Crippen molar-refractivity contribution in [1.82, 2.24) is 24.6 Å². The van der Waals surface area contributed by atoms with Gasteiger partial charge in [0.15, 0.2) is 5.82 Å². The molecular formula is C21H22Cl2N6O2. The summed E-state index contributed by atoms with van der Waals surface area (Å²) in [6.45, 7) is 4.63. The number of ether oxygens (including phenoxy) is 1. The van der Waals surface area contributed by atoms with Crippen molar-refractivity contribution in [3.63, 3.8) is 0 Å². The lowest BCUT2D eigenvalue weighted by Crippen LogP contribution is -2.49. The summed E-state index contributed by atoms with van der Waals surface area (Å²) in [6, 6.07) is 7.43. The van der Waals surface area contributed by atoms with Gasteiger partial charge in [0, 0.05) is 50.3 Å². The van der Waals surface area contributed by atoms with Gasteiger partial charge < -0.3 is 14.5 Å². The van der Waals surface area contributed by atoms with E-state index in [1.165, 1.54) is 0 Å². The SMILES string of the molecule is COc1cc(N2CCN(C(=O)Cn3nc(-c4ncccn4)c(Cl)c3C)CC2)ccc1Cl. The first kappa shape index (κ1) is 21.4. The number of carbonyl (C=O) groups excluding carboxylic acids is 1. The Morgan fingerprint density at radius 3 is 2.52 bits per heavy atom. The Balaban J connectivity index is 1.41. The number of carbonyl (C=O) groups is 1. The molecule has 0 bridgehead atoms. The molecule has 1 aliphatic rings. The largest absolute Gasteiger partial charge is 0.495 e. The molecular weight excluding hydrogens is 439 g/mol. The zero-order valence-corrected chi connectivity index (χ0v) is 18.8. The summed E-state index contributed by atoms with van der Waals surface area (Å²) in [5, 5.41) is 5.52. The van der Waals surface area contributed by atoms with E-state index in [0.717, 1.165) is 18.8 Å². The quantitative estimate of drug-likeness (QED) is 0.581. The van der Waals surface area contributed by atoms with E-state index >= 15 is 0 Å². The van der Waals surface area contributed by atoms with Crippen LogP contribution < -0.4 is 9.64 Å². The van der Waals surface area contributed by atoms with E-state index < -0.39 is 0 Å². The van der Waals surface area contributed by atoms with Gasteiger partial charge in [0.1, 0.15) is 18.0 Å². The predicted octanol–water partition coefficient (Wildman–Crippen LogP) is 3.31. The summed E-state index contributed by atoms with van der Waals surface area (Å²) in [4.78, 5) is 25.4. The summed E-state index contributed by atoms with van der Waals surface area (Å²) in [6.07, 6.45) is 3.27. The minimum absolute atomic E-state index is 0.00358. The second-order valence-electron chi connectivity index (χ2n) is 7.16. The molecule has 31 heavy (non-hydrogen) atoms. The van der Waals surface area contributed by atoms with Crippen LogP contribution >= 0.6 is 23.2 Å². The molecule has 0 spiro atoms. The summed E-state index contributed by atoms with van der Waals surface area (Å²) in [5.41, 5.74) is 2.22. The van der Waals surface area contributed by atoms with Crippen LogP contribution in [0.1, 0.15) is 5.69 Å². The summed E-state index contributed by atoms with van der Waals surface area (Å²) < 4.78 is 6.92. The summed E-state index contributed by atoms with van der Waals surface area (Å²) >= 11 is 12.5. The maximum Gasteiger partial charge on any atom is 0.244 e. The summed E-state index contributed by atoms with van der Waals surface area (Å²) in [7, 11) is 1.60. The van der Waals surface area contributed by atoms with Gasteiger partial charge in [-0.25, -0.2) is 9.97 Å². The second-order valence-corrected chi connectivity index (χ2v) is 7.95. The molecule has 3 heterocycles. The Labute approximate surface area is 190 Å². The molecule has 4 rings (SSSR count). The number of halogens is 2. The number of benzene rings is 1. The fraction of sp³-hybridized carbons (Fsp3) is 0.333. The van der Waals surface area contributed by atoms with Crippen molar-refractivity contribution in [2.75, 3.05) is 38.2 Å². The van der Waals surface area contributed by atoms with E-state index in [4.69, 9.17) is 27.9 Å². The highest BCUT2D eigenvalue weighted by molar-refractivity contribution is 6.33. The third-order valence-corrected chi connectivity index (χ3v) is 6.09. The highest BCUT2D eigenvalue weighted by Crippen LogP contribution is 2.30. The van der Waals surface area contributed by atoms with Gasteiger partial charge in [-0.15, -0.1) is 0 Å². The van der Waals surface area contributed by atoms with Crippen LogP contribution in [-0.4, -0.2) is 63.8 Å². The molecule has 0 aliphatic carbocycles. The third-order valence-electron chi connectivity index (χ3n) is 5.33. The molecule has 8 nitrogen and oxygen atoms in total. The van der Waals surface area contributed by atoms with Crippen molar-refractivity contribution in [1.29, 1.82) is 0 Å². The molecule has 162 valence electrons. The molecule has 0 N–H and O–H groups in total. The molecule has 10 heteroatoms. The van der Waals surface area contributed by atoms with Crippen LogP contribution in [0.5, 0.6) is 5.75 Å². The van der Waals surface area contributed by atoms with Crippen molar-refractivity contribution < 1.29 is 9.53 Å². The first-order valence-electron chi connectivity index (χ1n) is 9.84. The van der Waals surface area contributed by atoms with Crippen LogP contribution in [0.4, 0.5) is 5.69 Å². The molecule has 1 aromatic carbocycles. The van der Waals surface area contributed by atoms with Crippen LogP contribution in [0.25, 0.3) is 11.5 Å². The van der Waals surface area contributed by atoms with Gasteiger partial charge in [0.05, 0.1) is 22.8 Å². The molecule has 0 radical (unpaired) electrons. The summed E-state index contributed by atoms with van der Waals surface area (Å²) in [5.74, 6) is 1.08. The molecule has 2 aromatic heterocycles. The topological polar surface area (TPSA) is 76.4 Å². The van der Waals surface area contributed by atoms with Crippen molar-refractivity contribution in [3.05, 3.63) is 52.4 Å². The maximum atomic E-state index is 12.9. The number of piperazine rings is 1. The normalized spacial score (nSPS) is 14.1. The van der Waals surface area contributed by atoms with Crippen LogP contribution in [-0.2, 0) is 11.3 Å². The van der Waals surface area contributed by atoms with Gasteiger partial charge in [0.25, 0.3) is 0 Å². The fourth-order valence-corrected chi connectivity index (χ4v) is 3.94. The van der Waals surface area contributed by atoms with E-state index in [-0.39, 0.29) is 12.5 Å². The minimum atomic E-state index is -0.00358. The Morgan fingerprint density at radius 1 is 1.13 bits per heavy atom. The number of methoxy groups -OCH3 is 1. The van der Waals surface area contributed by atoms with Gasteiger partial charge in [-0.05, 0) is 25.1 Å². The average Bonchev–Trinajstić information content (AvgIpc) is 3.08. The molecule has 0 atom stereocenters. The lowest BCUT2D eigenvalue weighted by Gasteiger charge is -2.36. The number of hydrogen-bond donors (Lipinski definition) is 0. The van der Waals surface area contributed by atoms with Gasteiger partial charge in [-0.1, -0.05) is 23.2 Å². The predicted molar refractivity (Wildman–Crippen MR) is 120 cm³/mol. The van der Waals surface area contributed by atoms with Crippen LogP contribution in [0.2, 0.25) is 10.0 Å². The average molecular weight is 461 g/mol. The number of nitrogens with zero attached hydrogens (tertiary/aromatic N) is 6. The number of anilines is 1. The van der Waals surface area contributed by atoms with Gasteiger partial charge in [-0.3, -0.25) is 9.48 Å². The Kier molecular flexibility index (Phi) is 6.29. The van der Waals surface area contributed by atoms with Gasteiger partial charge >= 0.3 is 0 Å². The zero-order chi connectivity index (χ0) is 22.0. The Bertz CT molecular complexity index is 1080. The standard InChI is InChI=1S/C21H22Cl2N6O2/c1-14-19(23)20(21-24-6-3-7-25-21)26-29(14)13-18(30)28-10-8-27(9-11-28)15-4-5-16(22)17(12-15)31-2/h3-7,12H,8-11,13H2,1-2H3. The Morgan fingerprint density at radius 2 is 1.84 bits per heavy atom. The third kappa shape index (κ3) is 4.45. The lowest BCUT2D eigenvalue weighted by molar-refractivity contribution is -0.132. The maximum absolute atomic E-state index is 12.9. The smallest absolute Gasteiger partial charge is 0.244 e. The molecule has 1 aliphatic heterocycles. The number of amides is 1. The van der Waals surface area contributed by atoms with Gasteiger partial charge in [-0.2, -0.15) is 5.10 Å². The van der Waals surface area contributed by atoms with Crippen molar-refractivity contribution in [2.24, 2.45) is 0 Å². The van der Waals surface area contributed by atoms with Crippen molar-refractivity contribution >= 4 is 34.8 Å². The fourth-order valence-electron chi connectivity index (χ4n) is 3.53. The van der Waals surface area contributed by atoms with Crippen LogP contribution in [0.3, 0.4) is 0 Å². The zero-order valence-electron chi connectivity index (χ0n) is 17.3. The lowest BCUT2D eigenvalue weighted by atomic mass is 10.2. The molecule has 0 saturated carbocycles. The van der Waals surface area contributed by atoms with Crippen LogP contribution in [0.15, 0.2) is 36.7 Å². The van der Waals surface area contributed by atoms with E-state index in [9.17, 15) is 4.79 Å². The van der Waals surface area contributed by atoms with Crippen LogP contribution in [0, 0.1) is 6.92 Å². The molecule has 1 fully saturated rings. The highest BCUT2D eigenvalue weighted by atomic mass is 35.5. The monoisotopic (exact) mass is 460 g/mol. The minimum Gasteiger partial charge on any atom is -0.495 e. The van der Waals surface area contributed by atoms with Gasteiger partial charge in [0.2, 0.25) is 5.91 Å². The number of rotatable bonds is 5. The molecule has 3 aromatic rings. The van der Waals surface area contributed by atoms with E-state index in [1.807, 2.05) is 30.0 Å². The van der Waals surface area contributed by atoms with E-state index in [1.54, 1.807) is 30.3 Å².